The lowest BCUT2D eigenvalue weighted by Gasteiger charge is -2.06. The number of esters is 1. The molecule has 0 aliphatic heterocycles. The molecule has 1 heterocycles. The summed E-state index contributed by atoms with van der Waals surface area (Å²) in [6.45, 7) is -0.355. The quantitative estimate of drug-likeness (QED) is 0.365. The molecule has 0 aliphatic rings. The van der Waals surface area contributed by atoms with Gasteiger partial charge in [0.1, 0.15) is 0 Å². The van der Waals surface area contributed by atoms with Gasteiger partial charge in [0.2, 0.25) is 5.91 Å². The first-order chi connectivity index (χ1) is 13.1. The van der Waals surface area contributed by atoms with Crippen molar-refractivity contribution in [2.75, 3.05) is 6.61 Å². The van der Waals surface area contributed by atoms with E-state index in [1.807, 2.05) is 0 Å². The molecule has 6 heteroatoms. The van der Waals surface area contributed by atoms with Gasteiger partial charge in [-0.2, -0.15) is 0 Å². The molecule has 0 radical (unpaired) electrons. The lowest BCUT2D eigenvalue weighted by atomic mass is 10.1. The number of rotatable bonds is 7. The fourth-order valence-corrected chi connectivity index (χ4v) is 2.77. The third kappa shape index (κ3) is 4.17. The van der Waals surface area contributed by atoms with Crippen LogP contribution in [0.5, 0.6) is 0 Å². The Morgan fingerprint density at radius 1 is 0.926 bits per heavy atom. The van der Waals surface area contributed by atoms with Crippen molar-refractivity contribution in [1.82, 2.24) is 4.57 Å². The summed E-state index contributed by atoms with van der Waals surface area (Å²) in [4.78, 5) is 47.2. The van der Waals surface area contributed by atoms with Crippen molar-refractivity contribution in [3.8, 4) is 0 Å². The Hall–Kier alpha value is -3.54. The number of fused-ring (bicyclic) bond motifs is 1. The molecule has 0 aliphatic carbocycles. The van der Waals surface area contributed by atoms with E-state index in [0.717, 1.165) is 6.29 Å². The van der Waals surface area contributed by atoms with Gasteiger partial charge in [-0.1, -0.05) is 42.5 Å². The van der Waals surface area contributed by atoms with Gasteiger partial charge >= 0.3 is 5.97 Å². The maximum absolute atomic E-state index is 12.4. The van der Waals surface area contributed by atoms with Gasteiger partial charge in [0, 0.05) is 29.1 Å². The van der Waals surface area contributed by atoms with Gasteiger partial charge in [-0.15, -0.1) is 0 Å². The van der Waals surface area contributed by atoms with E-state index < -0.39 is 5.97 Å². The molecule has 0 spiro atoms. The third-order valence-corrected chi connectivity index (χ3v) is 4.17. The number of aromatic nitrogens is 1. The molecule has 2 aromatic carbocycles. The minimum atomic E-state index is -0.613. The number of hydrogen-bond acceptors (Lipinski definition) is 5. The normalized spacial score (nSPS) is 10.5. The molecular weight excluding hydrogens is 346 g/mol. The third-order valence-electron chi connectivity index (χ3n) is 4.17. The van der Waals surface area contributed by atoms with Gasteiger partial charge in [0.25, 0.3) is 0 Å². The first kappa shape index (κ1) is 18.3. The lowest BCUT2D eigenvalue weighted by molar-refractivity contribution is -0.142. The number of benzene rings is 2. The number of ether oxygens (including phenoxy) is 1. The Bertz CT molecular complexity index is 1000. The highest BCUT2D eigenvalue weighted by Gasteiger charge is 2.14. The Balaban J connectivity index is 1.55. The average molecular weight is 363 g/mol. The SMILES string of the molecule is O=Cc1cccc2c1ccn2C(=O)CCC(=O)OCC(=O)c1ccccc1. The summed E-state index contributed by atoms with van der Waals surface area (Å²) >= 11 is 0. The van der Waals surface area contributed by atoms with Crippen molar-refractivity contribution in [1.29, 1.82) is 0 Å². The van der Waals surface area contributed by atoms with Crippen LogP contribution in [0.4, 0.5) is 0 Å². The molecule has 3 aromatic rings. The van der Waals surface area contributed by atoms with E-state index in [-0.39, 0.29) is 31.1 Å². The minimum Gasteiger partial charge on any atom is -0.457 e. The maximum Gasteiger partial charge on any atom is 0.306 e. The van der Waals surface area contributed by atoms with Crippen LogP contribution in [-0.2, 0) is 9.53 Å². The summed E-state index contributed by atoms with van der Waals surface area (Å²) in [5.41, 5.74) is 1.57. The number of nitrogens with zero attached hydrogens (tertiary/aromatic N) is 1. The van der Waals surface area contributed by atoms with Crippen LogP contribution in [0.15, 0.2) is 60.8 Å². The Kier molecular flexibility index (Phi) is 5.56. The number of carbonyl (C=O) groups excluding carboxylic acids is 4. The van der Waals surface area contributed by atoms with Crippen LogP contribution >= 0.6 is 0 Å². The topological polar surface area (TPSA) is 82.4 Å². The summed E-state index contributed by atoms with van der Waals surface area (Å²) in [5, 5.41) is 0.678. The first-order valence-electron chi connectivity index (χ1n) is 8.42. The number of carbonyl (C=O) groups is 4. The van der Waals surface area contributed by atoms with Gasteiger partial charge in [-0.3, -0.25) is 23.7 Å². The molecule has 0 amide bonds. The fraction of sp³-hybridized carbons (Fsp3) is 0.143. The smallest absolute Gasteiger partial charge is 0.306 e. The van der Waals surface area contributed by atoms with Crippen LogP contribution in [0, 0.1) is 0 Å². The van der Waals surface area contributed by atoms with Crippen molar-refractivity contribution in [2.45, 2.75) is 12.8 Å². The zero-order chi connectivity index (χ0) is 19.2. The standard InChI is InChI=1S/C21H17NO5/c23-13-16-7-4-8-18-17(16)11-12-22(18)20(25)9-10-21(26)27-14-19(24)15-5-2-1-3-6-15/h1-8,11-13H,9-10,14H2. The van der Waals surface area contributed by atoms with Crippen LogP contribution in [0.3, 0.4) is 0 Å². The van der Waals surface area contributed by atoms with Crippen molar-refractivity contribution in [3.63, 3.8) is 0 Å². The number of hydrogen-bond donors (Lipinski definition) is 0. The monoisotopic (exact) mass is 363 g/mol. The number of aldehydes is 1. The van der Waals surface area contributed by atoms with E-state index in [4.69, 9.17) is 4.74 Å². The zero-order valence-electron chi connectivity index (χ0n) is 14.5. The molecule has 1 aromatic heterocycles. The summed E-state index contributed by atoms with van der Waals surface area (Å²) < 4.78 is 6.36. The summed E-state index contributed by atoms with van der Waals surface area (Å²) in [6, 6.07) is 15.3. The van der Waals surface area contributed by atoms with Crippen molar-refractivity contribution >= 4 is 34.8 Å². The van der Waals surface area contributed by atoms with Crippen LogP contribution in [0.2, 0.25) is 0 Å². The van der Waals surface area contributed by atoms with Crippen LogP contribution < -0.4 is 0 Å². The lowest BCUT2D eigenvalue weighted by Crippen LogP contribution is -2.16. The molecule has 0 saturated carbocycles. The molecule has 6 nitrogen and oxygen atoms in total. The summed E-state index contributed by atoms with van der Waals surface area (Å²) in [6.07, 6.45) is 2.12. The van der Waals surface area contributed by atoms with E-state index in [2.05, 4.69) is 0 Å². The van der Waals surface area contributed by atoms with Gasteiger partial charge in [0.05, 0.1) is 11.9 Å². The molecule has 136 valence electrons. The molecule has 0 bridgehead atoms. The second-order valence-corrected chi connectivity index (χ2v) is 5.93. The van der Waals surface area contributed by atoms with E-state index in [1.54, 1.807) is 60.8 Å². The van der Waals surface area contributed by atoms with Gasteiger partial charge in [-0.25, -0.2) is 0 Å². The van der Waals surface area contributed by atoms with Gasteiger partial charge < -0.3 is 4.74 Å². The molecule has 0 unspecified atom stereocenters. The molecule has 27 heavy (non-hydrogen) atoms. The van der Waals surface area contributed by atoms with Gasteiger partial charge in [0.15, 0.2) is 18.7 Å². The predicted molar refractivity (Wildman–Crippen MR) is 98.9 cm³/mol. The van der Waals surface area contributed by atoms with Crippen molar-refractivity contribution < 1.29 is 23.9 Å². The minimum absolute atomic E-state index is 0.0620. The summed E-state index contributed by atoms with van der Waals surface area (Å²) in [5.74, 6) is -1.20. The highest BCUT2D eigenvalue weighted by Crippen LogP contribution is 2.19. The van der Waals surface area contributed by atoms with Crippen LogP contribution in [0.25, 0.3) is 10.9 Å². The second-order valence-electron chi connectivity index (χ2n) is 5.93. The Labute approximate surface area is 155 Å². The highest BCUT2D eigenvalue weighted by molar-refractivity contribution is 6.01. The number of ketones is 1. The van der Waals surface area contributed by atoms with E-state index in [0.29, 0.717) is 22.0 Å². The van der Waals surface area contributed by atoms with Gasteiger partial charge in [-0.05, 0) is 12.1 Å². The van der Waals surface area contributed by atoms with E-state index >= 15 is 0 Å². The largest absolute Gasteiger partial charge is 0.457 e. The average Bonchev–Trinajstić information content (AvgIpc) is 3.15. The Morgan fingerprint density at radius 3 is 2.44 bits per heavy atom. The molecule has 0 N–H and O–H groups in total. The molecular formula is C21H17NO5. The fourth-order valence-electron chi connectivity index (χ4n) is 2.77. The molecule has 0 fully saturated rings. The van der Waals surface area contributed by atoms with Crippen molar-refractivity contribution in [2.24, 2.45) is 0 Å². The molecule has 3 rings (SSSR count). The highest BCUT2D eigenvalue weighted by atomic mass is 16.5. The summed E-state index contributed by atoms with van der Waals surface area (Å²) in [7, 11) is 0. The van der Waals surface area contributed by atoms with E-state index in [9.17, 15) is 19.2 Å². The first-order valence-corrected chi connectivity index (χ1v) is 8.42. The van der Waals surface area contributed by atoms with E-state index in [1.165, 1.54) is 4.57 Å². The predicted octanol–water partition coefficient (Wildman–Crippen LogP) is 3.30. The van der Waals surface area contributed by atoms with Crippen LogP contribution in [-0.4, -0.2) is 35.1 Å². The molecule has 0 atom stereocenters. The van der Waals surface area contributed by atoms with Crippen LogP contribution in [0.1, 0.15) is 38.4 Å². The number of Topliss-reactive ketones (excluding diaryl/α,β-unsaturated/α-hetero) is 1. The zero-order valence-corrected chi connectivity index (χ0v) is 14.5. The Morgan fingerprint density at radius 2 is 1.70 bits per heavy atom. The molecule has 0 saturated heterocycles. The maximum atomic E-state index is 12.4. The second kappa shape index (κ2) is 8.23. The van der Waals surface area contributed by atoms with Crippen molar-refractivity contribution in [3.05, 3.63) is 71.9 Å².